The lowest BCUT2D eigenvalue weighted by Gasteiger charge is -2.13. The van der Waals surface area contributed by atoms with Crippen molar-refractivity contribution >= 4 is 17.5 Å². The van der Waals surface area contributed by atoms with Gasteiger partial charge in [0.05, 0.1) is 11.3 Å². The average Bonchev–Trinajstić information content (AvgIpc) is 2.71. The first-order chi connectivity index (χ1) is 14.3. The third-order valence-electron chi connectivity index (χ3n) is 4.23. The molecule has 9 heteroatoms. The Morgan fingerprint density at radius 2 is 1.80 bits per heavy atom. The fourth-order valence-corrected chi connectivity index (χ4v) is 2.74. The average molecular weight is 416 g/mol. The molecule has 0 saturated carbocycles. The second kappa shape index (κ2) is 9.53. The van der Waals surface area contributed by atoms with Crippen molar-refractivity contribution in [1.82, 2.24) is 19.9 Å². The molecule has 0 unspecified atom stereocenters. The van der Waals surface area contributed by atoms with Crippen LogP contribution in [0.5, 0.6) is 0 Å². The van der Waals surface area contributed by atoms with E-state index in [0.29, 0.717) is 29.7 Å². The number of anilines is 3. The van der Waals surface area contributed by atoms with Gasteiger partial charge in [-0.15, -0.1) is 0 Å². The molecule has 1 aromatic carbocycles. The van der Waals surface area contributed by atoms with Gasteiger partial charge >= 0.3 is 6.18 Å². The van der Waals surface area contributed by atoms with Crippen molar-refractivity contribution in [1.29, 1.82) is 0 Å². The Kier molecular flexibility index (Phi) is 6.83. The van der Waals surface area contributed by atoms with Crippen LogP contribution in [0.1, 0.15) is 12.0 Å². The highest BCUT2D eigenvalue weighted by atomic mass is 19.4. The largest absolute Gasteiger partial charge is 0.416 e. The first-order valence-corrected chi connectivity index (χ1v) is 9.43. The molecule has 0 bridgehead atoms. The van der Waals surface area contributed by atoms with Gasteiger partial charge in [0.2, 0.25) is 5.95 Å². The number of hydrogen-bond donors (Lipinski definition) is 2. The second-order valence-corrected chi connectivity index (χ2v) is 6.99. The highest BCUT2D eigenvalue weighted by Gasteiger charge is 2.29. The van der Waals surface area contributed by atoms with E-state index in [2.05, 4.69) is 30.5 Å². The van der Waals surface area contributed by atoms with Gasteiger partial charge in [0.15, 0.2) is 0 Å². The van der Waals surface area contributed by atoms with Crippen LogP contribution in [0.2, 0.25) is 0 Å². The Bertz CT molecular complexity index is 943. The standard InChI is InChI=1S/C21H23F3N6/c1-30(2)12-4-11-26-20-28-18(15-5-3-10-25-14-15)13-19(29-20)27-17-8-6-16(7-9-17)21(22,23)24/h3,5-10,13-14H,4,11-12H2,1-2H3,(H2,26,27,28,29). The summed E-state index contributed by atoms with van der Waals surface area (Å²) in [5.41, 5.74) is 1.27. The molecule has 2 heterocycles. The molecule has 0 radical (unpaired) electrons. The van der Waals surface area contributed by atoms with Gasteiger partial charge < -0.3 is 15.5 Å². The van der Waals surface area contributed by atoms with Crippen LogP contribution in [0.4, 0.5) is 30.6 Å². The molecule has 0 atom stereocenters. The normalized spacial score (nSPS) is 11.5. The van der Waals surface area contributed by atoms with Crippen LogP contribution in [0.25, 0.3) is 11.3 Å². The van der Waals surface area contributed by atoms with Crippen molar-refractivity contribution in [3.63, 3.8) is 0 Å². The zero-order chi connectivity index (χ0) is 21.6. The van der Waals surface area contributed by atoms with E-state index in [1.807, 2.05) is 26.2 Å². The van der Waals surface area contributed by atoms with Gasteiger partial charge in [0, 0.05) is 36.3 Å². The molecule has 3 aromatic rings. The molecule has 0 aliphatic rings. The summed E-state index contributed by atoms with van der Waals surface area (Å²) in [7, 11) is 4.01. The zero-order valence-electron chi connectivity index (χ0n) is 16.7. The van der Waals surface area contributed by atoms with E-state index in [4.69, 9.17) is 0 Å². The smallest absolute Gasteiger partial charge is 0.354 e. The molecule has 0 aliphatic carbocycles. The fourth-order valence-electron chi connectivity index (χ4n) is 2.74. The lowest BCUT2D eigenvalue weighted by Crippen LogP contribution is -2.17. The SMILES string of the molecule is CN(C)CCCNc1nc(Nc2ccc(C(F)(F)F)cc2)cc(-c2cccnc2)n1. The molecule has 0 saturated heterocycles. The summed E-state index contributed by atoms with van der Waals surface area (Å²) in [5, 5.41) is 6.26. The molecule has 0 fully saturated rings. The Labute approximate surface area is 173 Å². The maximum Gasteiger partial charge on any atom is 0.416 e. The van der Waals surface area contributed by atoms with E-state index in [0.717, 1.165) is 30.7 Å². The zero-order valence-corrected chi connectivity index (χ0v) is 16.7. The molecule has 158 valence electrons. The first kappa shape index (κ1) is 21.5. The molecule has 0 amide bonds. The number of nitrogens with one attached hydrogen (secondary N) is 2. The van der Waals surface area contributed by atoms with Crippen molar-refractivity contribution in [2.45, 2.75) is 12.6 Å². The van der Waals surface area contributed by atoms with Crippen LogP contribution in [-0.4, -0.2) is 47.0 Å². The molecular formula is C21H23F3N6. The summed E-state index contributed by atoms with van der Waals surface area (Å²) in [6.45, 7) is 1.61. The summed E-state index contributed by atoms with van der Waals surface area (Å²) >= 11 is 0. The van der Waals surface area contributed by atoms with Gasteiger partial charge in [-0.3, -0.25) is 4.98 Å². The second-order valence-electron chi connectivity index (χ2n) is 6.99. The first-order valence-electron chi connectivity index (χ1n) is 9.43. The van der Waals surface area contributed by atoms with Gasteiger partial charge in [-0.25, -0.2) is 4.98 Å². The number of alkyl halides is 3. The predicted molar refractivity (Wildman–Crippen MR) is 112 cm³/mol. The van der Waals surface area contributed by atoms with Crippen LogP contribution in [0.3, 0.4) is 0 Å². The molecule has 0 aliphatic heterocycles. The number of halogens is 3. The topological polar surface area (TPSA) is 66.0 Å². The fraction of sp³-hybridized carbons (Fsp3) is 0.286. The number of nitrogens with zero attached hydrogens (tertiary/aromatic N) is 4. The lowest BCUT2D eigenvalue weighted by molar-refractivity contribution is -0.137. The molecule has 30 heavy (non-hydrogen) atoms. The van der Waals surface area contributed by atoms with E-state index < -0.39 is 11.7 Å². The van der Waals surface area contributed by atoms with Crippen LogP contribution < -0.4 is 10.6 Å². The third-order valence-corrected chi connectivity index (χ3v) is 4.23. The van der Waals surface area contributed by atoms with Gasteiger partial charge in [0.1, 0.15) is 5.82 Å². The lowest BCUT2D eigenvalue weighted by atomic mass is 10.2. The molecule has 2 aromatic heterocycles. The quantitative estimate of drug-likeness (QED) is 0.521. The van der Waals surface area contributed by atoms with Crippen LogP contribution >= 0.6 is 0 Å². The molecule has 6 nitrogen and oxygen atoms in total. The maximum atomic E-state index is 12.8. The van der Waals surface area contributed by atoms with Gasteiger partial charge in [-0.1, -0.05) is 0 Å². The van der Waals surface area contributed by atoms with Crippen molar-refractivity contribution in [3.05, 3.63) is 60.4 Å². The third kappa shape index (κ3) is 6.15. The summed E-state index contributed by atoms with van der Waals surface area (Å²) in [6.07, 6.45) is -0.0910. The van der Waals surface area contributed by atoms with Crippen LogP contribution in [0, 0.1) is 0 Å². The Morgan fingerprint density at radius 3 is 2.43 bits per heavy atom. The number of benzene rings is 1. The highest BCUT2D eigenvalue weighted by molar-refractivity contribution is 5.67. The van der Waals surface area contributed by atoms with E-state index in [9.17, 15) is 13.2 Å². The maximum absolute atomic E-state index is 12.8. The number of pyridine rings is 1. The van der Waals surface area contributed by atoms with Crippen molar-refractivity contribution < 1.29 is 13.2 Å². The number of aromatic nitrogens is 3. The Balaban J connectivity index is 1.82. The molecule has 3 rings (SSSR count). The summed E-state index contributed by atoms with van der Waals surface area (Å²) in [6, 6.07) is 10.2. The molecule has 2 N–H and O–H groups in total. The van der Waals surface area contributed by atoms with Crippen molar-refractivity contribution in [2.24, 2.45) is 0 Å². The van der Waals surface area contributed by atoms with Crippen molar-refractivity contribution in [3.8, 4) is 11.3 Å². The van der Waals surface area contributed by atoms with E-state index in [-0.39, 0.29) is 0 Å². The number of rotatable bonds is 8. The minimum absolute atomic E-state index is 0.435. The molecule has 0 spiro atoms. The summed E-state index contributed by atoms with van der Waals surface area (Å²) in [4.78, 5) is 15.2. The Morgan fingerprint density at radius 1 is 1.03 bits per heavy atom. The van der Waals surface area contributed by atoms with Crippen LogP contribution in [-0.2, 0) is 6.18 Å². The van der Waals surface area contributed by atoms with Gasteiger partial charge in [0.25, 0.3) is 0 Å². The van der Waals surface area contributed by atoms with Crippen molar-refractivity contribution in [2.75, 3.05) is 37.8 Å². The molecular weight excluding hydrogens is 393 g/mol. The minimum atomic E-state index is -4.37. The Hall–Kier alpha value is -3.20. The summed E-state index contributed by atoms with van der Waals surface area (Å²) in [5.74, 6) is 0.906. The minimum Gasteiger partial charge on any atom is -0.354 e. The van der Waals surface area contributed by atoms with Gasteiger partial charge in [-0.2, -0.15) is 18.2 Å². The van der Waals surface area contributed by atoms with E-state index in [1.54, 1.807) is 18.5 Å². The highest BCUT2D eigenvalue weighted by Crippen LogP contribution is 2.30. The summed E-state index contributed by atoms with van der Waals surface area (Å²) < 4.78 is 38.3. The number of hydrogen-bond acceptors (Lipinski definition) is 6. The predicted octanol–water partition coefficient (Wildman–Crippen LogP) is 4.66. The van der Waals surface area contributed by atoms with E-state index >= 15 is 0 Å². The monoisotopic (exact) mass is 416 g/mol. The van der Waals surface area contributed by atoms with E-state index in [1.165, 1.54) is 12.1 Å². The van der Waals surface area contributed by atoms with Gasteiger partial charge in [-0.05, 0) is 63.5 Å². The van der Waals surface area contributed by atoms with Crippen LogP contribution in [0.15, 0.2) is 54.9 Å².